The van der Waals surface area contributed by atoms with Gasteiger partial charge in [-0.2, -0.15) is 5.10 Å². The molecule has 0 saturated heterocycles. The Balaban J connectivity index is 1.69. The maximum atomic E-state index is 12.4. The molecule has 0 atom stereocenters. The number of hydrazone groups is 1. The number of ether oxygens (including phenoxy) is 2. The van der Waals surface area contributed by atoms with Crippen LogP contribution in [0.25, 0.3) is 0 Å². The Hall–Kier alpha value is -3.93. The van der Waals surface area contributed by atoms with E-state index in [-0.39, 0.29) is 5.91 Å². The van der Waals surface area contributed by atoms with Crippen molar-refractivity contribution >= 4 is 18.1 Å². The number of esters is 1. The summed E-state index contributed by atoms with van der Waals surface area (Å²) in [7, 11) is 0. The van der Waals surface area contributed by atoms with Gasteiger partial charge in [0.2, 0.25) is 0 Å². The number of nitrogens with one attached hydrogen (secondary N) is 1. The van der Waals surface area contributed by atoms with Crippen molar-refractivity contribution in [3.63, 3.8) is 0 Å². The third-order valence-corrected chi connectivity index (χ3v) is 4.45. The molecule has 6 nitrogen and oxygen atoms in total. The molecule has 1 amide bonds. The Morgan fingerprint density at radius 2 is 1.48 bits per heavy atom. The Morgan fingerprint density at radius 3 is 2.10 bits per heavy atom. The van der Waals surface area contributed by atoms with Gasteiger partial charge in [0.25, 0.3) is 5.91 Å². The zero-order valence-electron chi connectivity index (χ0n) is 17.7. The minimum absolute atomic E-state index is 0.301. The first-order valence-electron chi connectivity index (χ1n) is 9.92. The van der Waals surface area contributed by atoms with Crippen LogP contribution in [-0.2, 0) is 0 Å². The van der Waals surface area contributed by atoms with E-state index in [1.807, 2.05) is 45.0 Å². The second kappa shape index (κ2) is 10.2. The third kappa shape index (κ3) is 6.02. The normalized spacial score (nSPS) is 10.7. The number of carbonyl (C=O) groups is 2. The summed E-state index contributed by atoms with van der Waals surface area (Å²) < 4.78 is 11.1. The van der Waals surface area contributed by atoms with Gasteiger partial charge in [-0.15, -0.1) is 0 Å². The maximum Gasteiger partial charge on any atom is 0.343 e. The van der Waals surface area contributed by atoms with Crippen LogP contribution in [0.2, 0.25) is 0 Å². The first-order chi connectivity index (χ1) is 15.0. The Labute approximate surface area is 181 Å². The highest BCUT2D eigenvalue weighted by Gasteiger charge is 2.13. The fourth-order valence-electron chi connectivity index (χ4n) is 2.74. The van der Waals surface area contributed by atoms with Crippen molar-refractivity contribution in [1.29, 1.82) is 0 Å². The number of amides is 1. The van der Waals surface area contributed by atoms with E-state index >= 15 is 0 Å². The number of nitrogens with zero attached hydrogens (tertiary/aromatic N) is 1. The topological polar surface area (TPSA) is 77.0 Å². The molecule has 0 aliphatic rings. The second-order valence-electron chi connectivity index (χ2n) is 6.96. The number of aryl methyl sites for hydroxylation is 2. The van der Waals surface area contributed by atoms with E-state index in [9.17, 15) is 9.59 Å². The van der Waals surface area contributed by atoms with Gasteiger partial charge in [-0.1, -0.05) is 35.4 Å². The quantitative estimate of drug-likeness (QED) is 0.262. The number of hydrogen-bond acceptors (Lipinski definition) is 5. The van der Waals surface area contributed by atoms with Crippen molar-refractivity contribution in [3.05, 3.63) is 94.5 Å². The summed E-state index contributed by atoms with van der Waals surface area (Å²) in [5.41, 5.74) is 6.29. The molecule has 1 N–H and O–H groups in total. The minimum Gasteiger partial charge on any atom is -0.490 e. The van der Waals surface area contributed by atoms with Gasteiger partial charge in [0, 0.05) is 5.56 Å². The molecule has 31 heavy (non-hydrogen) atoms. The van der Waals surface area contributed by atoms with Gasteiger partial charge in [0.15, 0.2) is 11.5 Å². The summed E-state index contributed by atoms with van der Waals surface area (Å²) in [4.78, 5) is 24.6. The molecule has 0 unspecified atom stereocenters. The number of rotatable bonds is 7. The summed E-state index contributed by atoms with van der Waals surface area (Å²) in [6.07, 6.45) is 1.50. The molecule has 3 rings (SSSR count). The Kier molecular flexibility index (Phi) is 7.17. The highest BCUT2D eigenvalue weighted by molar-refractivity contribution is 5.95. The zero-order valence-corrected chi connectivity index (χ0v) is 17.7. The van der Waals surface area contributed by atoms with Crippen LogP contribution in [0.1, 0.15) is 44.3 Å². The molecule has 0 saturated carbocycles. The number of hydrogen-bond donors (Lipinski definition) is 1. The van der Waals surface area contributed by atoms with Gasteiger partial charge in [-0.25, -0.2) is 10.2 Å². The molecule has 0 spiro atoms. The molecule has 0 heterocycles. The summed E-state index contributed by atoms with van der Waals surface area (Å²) in [5.74, 6) is -0.0392. The third-order valence-electron chi connectivity index (χ3n) is 4.45. The highest BCUT2D eigenvalue weighted by Crippen LogP contribution is 2.29. The maximum absolute atomic E-state index is 12.4. The predicted octanol–water partition coefficient (Wildman–Crippen LogP) is 4.69. The number of carbonyl (C=O) groups excluding carboxylic acids is 2. The van der Waals surface area contributed by atoms with E-state index in [0.29, 0.717) is 34.8 Å². The molecule has 0 bridgehead atoms. The lowest BCUT2D eigenvalue weighted by Crippen LogP contribution is -2.17. The molecule has 0 aliphatic heterocycles. The van der Waals surface area contributed by atoms with Crippen LogP contribution in [0.5, 0.6) is 11.5 Å². The molecular formula is C25H24N2O4. The largest absolute Gasteiger partial charge is 0.490 e. The number of benzene rings is 3. The van der Waals surface area contributed by atoms with Crippen molar-refractivity contribution in [1.82, 2.24) is 5.43 Å². The Bertz CT molecular complexity index is 1090. The van der Waals surface area contributed by atoms with Gasteiger partial charge < -0.3 is 9.47 Å². The van der Waals surface area contributed by atoms with E-state index in [1.165, 1.54) is 6.21 Å². The molecule has 6 heteroatoms. The van der Waals surface area contributed by atoms with Crippen molar-refractivity contribution < 1.29 is 19.1 Å². The lowest BCUT2D eigenvalue weighted by Gasteiger charge is -2.11. The standard InChI is InChI=1S/C25H24N2O4/c1-4-30-23-15-19(16-26-27-24(28)20-10-5-17(2)6-11-20)9-14-22(23)31-25(29)21-12-7-18(3)8-13-21/h5-16H,4H2,1-3H3,(H,27,28)/b26-16+. The van der Waals surface area contributed by atoms with Gasteiger partial charge in [-0.3, -0.25) is 4.79 Å². The Morgan fingerprint density at radius 1 is 0.871 bits per heavy atom. The van der Waals surface area contributed by atoms with Crippen LogP contribution in [-0.4, -0.2) is 24.7 Å². The lowest BCUT2D eigenvalue weighted by molar-refractivity contribution is 0.0728. The van der Waals surface area contributed by atoms with E-state index in [4.69, 9.17) is 9.47 Å². The van der Waals surface area contributed by atoms with Gasteiger partial charge >= 0.3 is 5.97 Å². The van der Waals surface area contributed by atoms with Crippen LogP contribution in [0.3, 0.4) is 0 Å². The summed E-state index contributed by atoms with van der Waals surface area (Å²) in [6, 6.07) is 19.4. The molecule has 158 valence electrons. The fourth-order valence-corrected chi connectivity index (χ4v) is 2.74. The monoisotopic (exact) mass is 416 g/mol. The summed E-state index contributed by atoms with van der Waals surface area (Å²) in [6.45, 7) is 6.15. The first kappa shape index (κ1) is 21.8. The van der Waals surface area contributed by atoms with Crippen molar-refractivity contribution in [2.45, 2.75) is 20.8 Å². The molecule has 3 aromatic carbocycles. The van der Waals surface area contributed by atoms with Crippen LogP contribution in [0.15, 0.2) is 71.8 Å². The second-order valence-corrected chi connectivity index (χ2v) is 6.96. The molecule has 0 aliphatic carbocycles. The van der Waals surface area contributed by atoms with Crippen LogP contribution >= 0.6 is 0 Å². The van der Waals surface area contributed by atoms with Crippen LogP contribution < -0.4 is 14.9 Å². The van der Waals surface area contributed by atoms with Crippen LogP contribution in [0.4, 0.5) is 0 Å². The summed E-state index contributed by atoms with van der Waals surface area (Å²) in [5, 5.41) is 4.00. The minimum atomic E-state index is -0.465. The SMILES string of the molecule is CCOc1cc(/C=N/NC(=O)c2ccc(C)cc2)ccc1OC(=O)c1ccc(C)cc1. The van der Waals surface area contributed by atoms with E-state index < -0.39 is 5.97 Å². The van der Waals surface area contributed by atoms with E-state index in [1.54, 1.807) is 42.5 Å². The molecular weight excluding hydrogens is 392 g/mol. The fraction of sp³-hybridized carbons (Fsp3) is 0.160. The van der Waals surface area contributed by atoms with Crippen LogP contribution in [0, 0.1) is 13.8 Å². The van der Waals surface area contributed by atoms with Crippen molar-refractivity contribution in [3.8, 4) is 11.5 Å². The van der Waals surface area contributed by atoms with Gasteiger partial charge in [-0.05, 0) is 68.8 Å². The summed E-state index contributed by atoms with van der Waals surface area (Å²) >= 11 is 0. The molecule has 3 aromatic rings. The smallest absolute Gasteiger partial charge is 0.343 e. The van der Waals surface area contributed by atoms with Crippen molar-refractivity contribution in [2.75, 3.05) is 6.61 Å². The average Bonchev–Trinajstić information content (AvgIpc) is 2.76. The van der Waals surface area contributed by atoms with Gasteiger partial charge in [0.1, 0.15) is 0 Å². The van der Waals surface area contributed by atoms with Crippen molar-refractivity contribution in [2.24, 2.45) is 5.10 Å². The average molecular weight is 416 g/mol. The lowest BCUT2D eigenvalue weighted by atomic mass is 10.1. The molecule has 0 radical (unpaired) electrons. The first-order valence-corrected chi connectivity index (χ1v) is 9.92. The zero-order chi connectivity index (χ0) is 22.2. The van der Waals surface area contributed by atoms with Gasteiger partial charge in [0.05, 0.1) is 18.4 Å². The van der Waals surface area contributed by atoms with E-state index in [2.05, 4.69) is 10.5 Å². The molecule has 0 aromatic heterocycles. The highest BCUT2D eigenvalue weighted by atomic mass is 16.6. The van der Waals surface area contributed by atoms with E-state index in [0.717, 1.165) is 11.1 Å². The molecule has 0 fully saturated rings. The predicted molar refractivity (Wildman–Crippen MR) is 120 cm³/mol.